The highest BCUT2D eigenvalue weighted by molar-refractivity contribution is 6.29. The molecule has 7 heteroatoms. The van der Waals surface area contributed by atoms with E-state index in [1.54, 1.807) is 0 Å². The number of rotatable bonds is 2. The fourth-order valence-corrected chi connectivity index (χ4v) is 2.11. The normalized spacial score (nSPS) is 23.2. The zero-order valence-corrected chi connectivity index (χ0v) is 10.4. The zero-order chi connectivity index (χ0) is 13.3. The molecule has 0 aromatic carbocycles. The van der Waals surface area contributed by atoms with Crippen molar-refractivity contribution in [2.75, 3.05) is 13.7 Å². The van der Waals surface area contributed by atoms with Gasteiger partial charge in [-0.3, -0.25) is 4.79 Å². The highest BCUT2D eigenvalue weighted by atomic mass is 35.5. The van der Waals surface area contributed by atoms with E-state index in [4.69, 9.17) is 16.0 Å². The summed E-state index contributed by atoms with van der Waals surface area (Å²) in [6.07, 6.45) is -0.587. The minimum atomic E-state index is -0.790. The Bertz CT molecular complexity index is 472. The lowest BCUT2D eigenvalue weighted by Crippen LogP contribution is -2.41. The first kappa shape index (κ1) is 12.9. The van der Waals surface area contributed by atoms with Gasteiger partial charge in [0.05, 0.1) is 13.2 Å². The largest absolute Gasteiger partial charge is 0.467 e. The molecular weight excluding hydrogens is 262 g/mol. The van der Waals surface area contributed by atoms with Gasteiger partial charge in [0.15, 0.2) is 11.0 Å². The van der Waals surface area contributed by atoms with Crippen molar-refractivity contribution >= 4 is 23.5 Å². The molecule has 1 aliphatic rings. The lowest BCUT2D eigenvalue weighted by Gasteiger charge is -2.20. The summed E-state index contributed by atoms with van der Waals surface area (Å²) in [4.78, 5) is 24.8. The molecular formula is C11H12ClNO5. The molecule has 1 N–H and O–H groups in total. The van der Waals surface area contributed by atoms with Gasteiger partial charge in [-0.2, -0.15) is 0 Å². The maximum atomic E-state index is 12.1. The molecule has 1 aliphatic heterocycles. The maximum Gasteiger partial charge on any atom is 0.328 e. The number of aliphatic hydroxyl groups is 1. The van der Waals surface area contributed by atoms with Gasteiger partial charge in [0.1, 0.15) is 6.04 Å². The van der Waals surface area contributed by atoms with Crippen molar-refractivity contribution in [2.24, 2.45) is 0 Å². The van der Waals surface area contributed by atoms with Gasteiger partial charge in [-0.15, -0.1) is 0 Å². The fourth-order valence-electron chi connectivity index (χ4n) is 1.97. The molecule has 2 atom stereocenters. The molecule has 1 fully saturated rings. The number of methoxy groups -OCH3 is 1. The number of amides is 1. The molecule has 0 saturated carbocycles. The standard InChI is InChI=1S/C11H12ClNO5/c1-17-11(16)7-4-6(14)5-13(7)10(15)8-2-3-9(12)18-8/h2-3,6-7,14H,4-5H2,1H3. The number of nitrogens with zero attached hydrogens (tertiary/aromatic N) is 1. The van der Waals surface area contributed by atoms with Crippen LogP contribution in [0, 0.1) is 0 Å². The minimum Gasteiger partial charge on any atom is -0.467 e. The van der Waals surface area contributed by atoms with Crippen LogP contribution < -0.4 is 0 Å². The van der Waals surface area contributed by atoms with Crippen molar-refractivity contribution in [3.8, 4) is 0 Å². The maximum absolute atomic E-state index is 12.1. The van der Waals surface area contributed by atoms with E-state index in [2.05, 4.69) is 4.74 Å². The Morgan fingerprint density at radius 1 is 1.56 bits per heavy atom. The first-order valence-corrected chi connectivity index (χ1v) is 5.73. The van der Waals surface area contributed by atoms with Gasteiger partial charge in [-0.25, -0.2) is 4.79 Å². The Hall–Kier alpha value is -1.53. The smallest absolute Gasteiger partial charge is 0.328 e. The third-order valence-electron chi connectivity index (χ3n) is 2.80. The molecule has 1 aromatic heterocycles. The SMILES string of the molecule is COC(=O)C1CC(O)CN1C(=O)c1ccc(Cl)o1. The van der Waals surface area contributed by atoms with Gasteiger partial charge in [0.2, 0.25) is 0 Å². The highest BCUT2D eigenvalue weighted by Crippen LogP contribution is 2.23. The molecule has 0 aliphatic carbocycles. The number of hydrogen-bond acceptors (Lipinski definition) is 5. The van der Waals surface area contributed by atoms with Gasteiger partial charge in [0.25, 0.3) is 5.91 Å². The van der Waals surface area contributed by atoms with Crippen LogP contribution in [-0.2, 0) is 9.53 Å². The van der Waals surface area contributed by atoms with Crippen molar-refractivity contribution in [1.29, 1.82) is 0 Å². The molecule has 2 rings (SSSR count). The van der Waals surface area contributed by atoms with Gasteiger partial charge in [-0.1, -0.05) is 0 Å². The quantitative estimate of drug-likeness (QED) is 0.802. The molecule has 1 aromatic rings. The first-order chi connectivity index (χ1) is 8.52. The molecule has 2 unspecified atom stereocenters. The fraction of sp³-hybridized carbons (Fsp3) is 0.455. The van der Waals surface area contributed by atoms with E-state index < -0.39 is 24.0 Å². The molecule has 0 spiro atoms. The van der Waals surface area contributed by atoms with Crippen LogP contribution in [0.4, 0.5) is 0 Å². The number of likely N-dealkylation sites (tertiary alicyclic amines) is 1. The number of carbonyl (C=O) groups excluding carboxylic acids is 2. The first-order valence-electron chi connectivity index (χ1n) is 5.35. The number of halogens is 1. The molecule has 18 heavy (non-hydrogen) atoms. The Balaban J connectivity index is 2.20. The van der Waals surface area contributed by atoms with Crippen LogP contribution in [0.15, 0.2) is 16.5 Å². The van der Waals surface area contributed by atoms with E-state index in [0.29, 0.717) is 0 Å². The average Bonchev–Trinajstić information content (AvgIpc) is 2.93. The van der Waals surface area contributed by atoms with Crippen LogP contribution >= 0.6 is 11.6 Å². The Morgan fingerprint density at radius 3 is 2.83 bits per heavy atom. The van der Waals surface area contributed by atoms with Crippen LogP contribution in [0.1, 0.15) is 17.0 Å². The van der Waals surface area contributed by atoms with Gasteiger partial charge >= 0.3 is 5.97 Å². The van der Waals surface area contributed by atoms with Gasteiger partial charge in [-0.05, 0) is 23.7 Å². The molecule has 0 bridgehead atoms. The zero-order valence-electron chi connectivity index (χ0n) is 9.63. The molecule has 98 valence electrons. The van der Waals surface area contributed by atoms with E-state index in [1.165, 1.54) is 24.1 Å². The number of furan rings is 1. The molecule has 0 radical (unpaired) electrons. The summed E-state index contributed by atoms with van der Waals surface area (Å²) >= 11 is 5.59. The Labute approximate surface area is 108 Å². The summed E-state index contributed by atoms with van der Waals surface area (Å²) in [6, 6.07) is 2.07. The predicted molar refractivity (Wildman–Crippen MR) is 61.2 cm³/mol. The minimum absolute atomic E-state index is 0.0306. The van der Waals surface area contributed by atoms with Crippen molar-refractivity contribution < 1.29 is 23.8 Å². The Kier molecular flexibility index (Phi) is 3.58. The average molecular weight is 274 g/mol. The second-order valence-electron chi connectivity index (χ2n) is 3.99. The summed E-state index contributed by atoms with van der Waals surface area (Å²) in [7, 11) is 1.24. The van der Waals surface area contributed by atoms with E-state index >= 15 is 0 Å². The van der Waals surface area contributed by atoms with Gasteiger partial charge < -0.3 is 19.2 Å². The predicted octanol–water partition coefficient (Wildman–Crippen LogP) is 0.681. The number of ether oxygens (including phenoxy) is 1. The van der Waals surface area contributed by atoms with Gasteiger partial charge in [0, 0.05) is 13.0 Å². The molecule has 6 nitrogen and oxygen atoms in total. The monoisotopic (exact) mass is 273 g/mol. The number of hydrogen-bond donors (Lipinski definition) is 1. The number of esters is 1. The second kappa shape index (κ2) is 4.99. The lowest BCUT2D eigenvalue weighted by atomic mass is 10.2. The summed E-state index contributed by atoms with van der Waals surface area (Å²) in [6.45, 7) is 0.0664. The summed E-state index contributed by atoms with van der Waals surface area (Å²) in [5.74, 6) is -1.02. The molecule has 1 amide bonds. The summed E-state index contributed by atoms with van der Waals surface area (Å²) < 4.78 is 9.60. The van der Waals surface area contributed by atoms with E-state index in [9.17, 15) is 14.7 Å². The number of β-amino-alcohol motifs (C(OH)–C–C–N with tert-alkyl or cyclic N) is 1. The Morgan fingerprint density at radius 2 is 2.28 bits per heavy atom. The number of carbonyl (C=O) groups is 2. The second-order valence-corrected chi connectivity index (χ2v) is 4.36. The van der Waals surface area contributed by atoms with Crippen LogP contribution in [0.5, 0.6) is 0 Å². The van der Waals surface area contributed by atoms with E-state index in [0.717, 1.165) is 0 Å². The van der Waals surface area contributed by atoms with E-state index in [1.807, 2.05) is 0 Å². The van der Waals surface area contributed by atoms with Crippen molar-refractivity contribution in [2.45, 2.75) is 18.6 Å². The van der Waals surface area contributed by atoms with E-state index in [-0.39, 0.29) is 23.9 Å². The molecule has 1 saturated heterocycles. The van der Waals surface area contributed by atoms with Crippen LogP contribution in [0.25, 0.3) is 0 Å². The lowest BCUT2D eigenvalue weighted by molar-refractivity contribution is -0.145. The van der Waals surface area contributed by atoms with Crippen LogP contribution in [-0.4, -0.2) is 47.7 Å². The topological polar surface area (TPSA) is 80.0 Å². The number of aliphatic hydroxyl groups excluding tert-OH is 1. The summed E-state index contributed by atoms with van der Waals surface area (Å²) in [5, 5.41) is 9.65. The van der Waals surface area contributed by atoms with Crippen LogP contribution in [0.3, 0.4) is 0 Å². The third kappa shape index (κ3) is 2.34. The highest BCUT2D eigenvalue weighted by Gasteiger charge is 2.40. The molecule has 2 heterocycles. The van der Waals surface area contributed by atoms with Crippen molar-refractivity contribution in [3.05, 3.63) is 23.1 Å². The third-order valence-corrected chi connectivity index (χ3v) is 3.00. The van der Waals surface area contributed by atoms with Crippen molar-refractivity contribution in [1.82, 2.24) is 4.90 Å². The summed E-state index contributed by atoms with van der Waals surface area (Å²) in [5.41, 5.74) is 0. The van der Waals surface area contributed by atoms with Crippen molar-refractivity contribution in [3.63, 3.8) is 0 Å². The van der Waals surface area contributed by atoms with Crippen LogP contribution in [0.2, 0.25) is 5.22 Å².